The fourth-order valence-electron chi connectivity index (χ4n) is 3.77. The minimum atomic E-state index is -4.41. The Hall–Kier alpha value is -3.03. The van der Waals surface area contributed by atoms with Crippen molar-refractivity contribution in [2.75, 3.05) is 6.61 Å². The van der Waals surface area contributed by atoms with Gasteiger partial charge in [0.1, 0.15) is 11.3 Å². The van der Waals surface area contributed by atoms with E-state index >= 15 is 0 Å². The maximum Gasteiger partial charge on any atom is 0.422 e. The molecule has 0 bridgehead atoms. The quantitative estimate of drug-likeness (QED) is 0.813. The van der Waals surface area contributed by atoms with Crippen molar-refractivity contribution >= 4 is 11.9 Å². The molecule has 1 spiro atoms. The van der Waals surface area contributed by atoms with Crippen molar-refractivity contribution in [3.8, 4) is 5.75 Å². The van der Waals surface area contributed by atoms with Crippen LogP contribution in [-0.2, 0) is 23.3 Å². The SMILES string of the molecule is O=C1N[C@]2(CCc3ccccc32)C(=O)N1Cc1ccc(OCC(F)(F)F)cc1. The fraction of sp³-hybridized carbons (Fsp3) is 0.300. The molecule has 3 amide bonds. The molecule has 1 N–H and O–H groups in total. The zero-order chi connectivity index (χ0) is 19.9. The molecule has 2 aliphatic rings. The average molecular weight is 390 g/mol. The van der Waals surface area contributed by atoms with Crippen molar-refractivity contribution in [2.45, 2.75) is 31.1 Å². The van der Waals surface area contributed by atoms with Crippen LogP contribution in [0.2, 0.25) is 0 Å². The summed E-state index contributed by atoms with van der Waals surface area (Å²) in [5.41, 5.74) is 1.46. The minimum absolute atomic E-state index is 0.0358. The lowest BCUT2D eigenvalue weighted by atomic mass is 9.92. The van der Waals surface area contributed by atoms with Gasteiger partial charge < -0.3 is 10.1 Å². The van der Waals surface area contributed by atoms with E-state index in [1.165, 1.54) is 12.1 Å². The molecule has 0 saturated carbocycles. The van der Waals surface area contributed by atoms with Gasteiger partial charge in [-0.2, -0.15) is 13.2 Å². The first kappa shape index (κ1) is 18.3. The summed E-state index contributed by atoms with van der Waals surface area (Å²) in [5.74, 6) is -0.237. The van der Waals surface area contributed by atoms with Crippen LogP contribution < -0.4 is 10.1 Å². The molecule has 0 radical (unpaired) electrons. The van der Waals surface area contributed by atoms with E-state index < -0.39 is 24.4 Å². The van der Waals surface area contributed by atoms with Crippen LogP contribution in [0.4, 0.5) is 18.0 Å². The van der Waals surface area contributed by atoms with Crippen LogP contribution in [0.1, 0.15) is 23.1 Å². The number of aryl methyl sites for hydroxylation is 1. The number of fused-ring (bicyclic) bond motifs is 2. The van der Waals surface area contributed by atoms with Crippen LogP contribution in [0, 0.1) is 0 Å². The molecule has 1 saturated heterocycles. The standard InChI is InChI=1S/C20H17F3N2O3/c21-20(22,23)12-28-15-7-5-13(6-8-15)11-25-17(26)19(24-18(25)27)10-9-14-3-1-2-4-16(14)19/h1-8H,9-12H2,(H,24,27)/t19-/m0/s1. The number of hydrogen-bond acceptors (Lipinski definition) is 3. The number of carbonyl (C=O) groups is 2. The highest BCUT2D eigenvalue weighted by Crippen LogP contribution is 2.41. The van der Waals surface area contributed by atoms with E-state index in [2.05, 4.69) is 10.1 Å². The lowest BCUT2D eigenvalue weighted by Gasteiger charge is -2.22. The topological polar surface area (TPSA) is 58.6 Å². The van der Waals surface area contributed by atoms with Crippen LogP contribution >= 0.6 is 0 Å². The smallest absolute Gasteiger partial charge is 0.422 e. The molecule has 28 heavy (non-hydrogen) atoms. The summed E-state index contributed by atoms with van der Waals surface area (Å²) in [6.07, 6.45) is -3.19. The molecule has 5 nitrogen and oxygen atoms in total. The van der Waals surface area contributed by atoms with E-state index in [-0.39, 0.29) is 18.2 Å². The maximum atomic E-state index is 13.1. The van der Waals surface area contributed by atoms with E-state index in [1.54, 1.807) is 12.1 Å². The second-order valence-corrected chi connectivity index (χ2v) is 6.93. The predicted molar refractivity (Wildman–Crippen MR) is 93.5 cm³/mol. The molecular formula is C20H17F3N2O3. The first-order valence-electron chi connectivity index (χ1n) is 8.79. The molecule has 1 fully saturated rings. The summed E-state index contributed by atoms with van der Waals surface area (Å²) >= 11 is 0. The zero-order valence-electron chi connectivity index (χ0n) is 14.8. The number of nitrogens with one attached hydrogen (secondary N) is 1. The number of imide groups is 1. The van der Waals surface area contributed by atoms with E-state index in [9.17, 15) is 22.8 Å². The summed E-state index contributed by atoms with van der Waals surface area (Å²) in [6, 6.07) is 12.9. The Kier molecular flexibility index (Phi) is 4.28. The average Bonchev–Trinajstić information content (AvgIpc) is 3.14. The number of amides is 3. The Bertz CT molecular complexity index is 927. The van der Waals surface area contributed by atoms with Crippen molar-refractivity contribution in [2.24, 2.45) is 0 Å². The Morgan fingerprint density at radius 3 is 2.50 bits per heavy atom. The number of ether oxygens (including phenoxy) is 1. The molecular weight excluding hydrogens is 373 g/mol. The number of alkyl halides is 3. The molecule has 2 aromatic carbocycles. The van der Waals surface area contributed by atoms with E-state index in [0.717, 1.165) is 16.0 Å². The van der Waals surface area contributed by atoms with Gasteiger partial charge in [0.25, 0.3) is 5.91 Å². The number of nitrogens with zero attached hydrogens (tertiary/aromatic N) is 1. The Labute approximate surface area is 159 Å². The number of hydrogen-bond donors (Lipinski definition) is 1. The second-order valence-electron chi connectivity index (χ2n) is 6.93. The van der Waals surface area contributed by atoms with E-state index in [4.69, 9.17) is 0 Å². The predicted octanol–water partition coefficient (Wildman–Crippen LogP) is 3.52. The van der Waals surface area contributed by atoms with Gasteiger partial charge in [-0.05, 0) is 41.7 Å². The first-order chi connectivity index (χ1) is 13.3. The molecule has 2 aromatic rings. The summed E-state index contributed by atoms with van der Waals surface area (Å²) < 4.78 is 41.3. The largest absolute Gasteiger partial charge is 0.484 e. The molecule has 146 valence electrons. The van der Waals surface area contributed by atoms with Gasteiger partial charge in [0.2, 0.25) is 0 Å². The van der Waals surface area contributed by atoms with Crippen LogP contribution in [0.25, 0.3) is 0 Å². The highest BCUT2D eigenvalue weighted by atomic mass is 19.4. The lowest BCUT2D eigenvalue weighted by molar-refractivity contribution is -0.153. The van der Waals surface area contributed by atoms with Gasteiger partial charge in [0.05, 0.1) is 6.54 Å². The van der Waals surface area contributed by atoms with Crippen LogP contribution in [-0.4, -0.2) is 29.6 Å². The minimum Gasteiger partial charge on any atom is -0.484 e. The first-order valence-corrected chi connectivity index (χ1v) is 8.79. The molecule has 8 heteroatoms. The molecule has 1 aliphatic carbocycles. The highest BCUT2D eigenvalue weighted by Gasteiger charge is 2.55. The monoisotopic (exact) mass is 390 g/mol. The van der Waals surface area contributed by atoms with Gasteiger partial charge in [-0.3, -0.25) is 9.69 Å². The number of urea groups is 1. The van der Waals surface area contributed by atoms with Gasteiger partial charge >= 0.3 is 12.2 Å². The van der Waals surface area contributed by atoms with Crippen molar-refractivity contribution in [3.63, 3.8) is 0 Å². The molecule has 1 heterocycles. The fourth-order valence-corrected chi connectivity index (χ4v) is 3.77. The maximum absolute atomic E-state index is 13.1. The molecule has 4 rings (SSSR count). The van der Waals surface area contributed by atoms with Gasteiger partial charge in [0.15, 0.2) is 6.61 Å². The third kappa shape index (κ3) is 3.19. The summed E-state index contributed by atoms with van der Waals surface area (Å²) in [6.45, 7) is -1.34. The van der Waals surface area contributed by atoms with E-state index in [1.807, 2.05) is 24.3 Å². The summed E-state index contributed by atoms with van der Waals surface area (Å²) in [7, 11) is 0. The Morgan fingerprint density at radius 1 is 1.07 bits per heavy atom. The van der Waals surface area contributed by atoms with Crippen molar-refractivity contribution in [1.29, 1.82) is 0 Å². The van der Waals surface area contributed by atoms with Crippen LogP contribution in [0.3, 0.4) is 0 Å². The van der Waals surface area contributed by atoms with Gasteiger partial charge in [0, 0.05) is 0 Å². The van der Waals surface area contributed by atoms with Crippen molar-refractivity contribution in [3.05, 3.63) is 65.2 Å². The normalized spacial score (nSPS) is 21.2. The third-order valence-electron chi connectivity index (χ3n) is 5.09. The van der Waals surface area contributed by atoms with Crippen molar-refractivity contribution < 1.29 is 27.5 Å². The zero-order valence-corrected chi connectivity index (χ0v) is 14.8. The third-order valence-corrected chi connectivity index (χ3v) is 5.09. The van der Waals surface area contributed by atoms with E-state index in [0.29, 0.717) is 18.4 Å². The van der Waals surface area contributed by atoms with Gasteiger partial charge in [-0.15, -0.1) is 0 Å². The highest BCUT2D eigenvalue weighted by molar-refractivity contribution is 6.08. The number of carbonyl (C=O) groups excluding carboxylic acids is 2. The van der Waals surface area contributed by atoms with Crippen LogP contribution in [0.5, 0.6) is 5.75 Å². The summed E-state index contributed by atoms with van der Waals surface area (Å²) in [4.78, 5) is 26.7. The van der Waals surface area contributed by atoms with Gasteiger partial charge in [-0.25, -0.2) is 4.79 Å². The number of benzene rings is 2. The second kappa shape index (κ2) is 6.54. The molecule has 0 aromatic heterocycles. The van der Waals surface area contributed by atoms with Crippen molar-refractivity contribution in [1.82, 2.24) is 10.2 Å². The molecule has 0 unspecified atom stereocenters. The Balaban J connectivity index is 1.49. The van der Waals surface area contributed by atoms with Crippen LogP contribution in [0.15, 0.2) is 48.5 Å². The molecule has 1 atom stereocenters. The lowest BCUT2D eigenvalue weighted by Crippen LogP contribution is -2.41. The Morgan fingerprint density at radius 2 is 1.79 bits per heavy atom. The summed E-state index contributed by atoms with van der Waals surface area (Å²) in [5, 5.41) is 2.84. The van der Waals surface area contributed by atoms with Gasteiger partial charge in [-0.1, -0.05) is 36.4 Å². The number of halogens is 3. The molecule has 1 aliphatic heterocycles. The number of rotatable bonds is 4.